The van der Waals surface area contributed by atoms with Crippen LogP contribution in [0.25, 0.3) is 0 Å². The van der Waals surface area contributed by atoms with Crippen LogP contribution in [-0.2, 0) is 6.54 Å². The van der Waals surface area contributed by atoms with Crippen LogP contribution in [0.3, 0.4) is 0 Å². The first-order chi connectivity index (χ1) is 8.56. The summed E-state index contributed by atoms with van der Waals surface area (Å²) in [4.78, 5) is 28.3. The third kappa shape index (κ3) is 2.93. The number of rotatable bonds is 4. The van der Waals surface area contributed by atoms with E-state index < -0.39 is 5.97 Å². The van der Waals surface area contributed by atoms with E-state index in [1.165, 1.54) is 10.3 Å². The molecule has 2 heterocycles. The largest absolute Gasteiger partial charge is 0.476 e. The molecule has 0 radical (unpaired) electrons. The molecule has 2 aromatic rings. The summed E-state index contributed by atoms with van der Waals surface area (Å²) >= 11 is 2.63. The Morgan fingerprint density at radius 1 is 1.44 bits per heavy atom. The highest BCUT2D eigenvalue weighted by Gasteiger charge is 2.14. The van der Waals surface area contributed by atoms with E-state index in [1.54, 1.807) is 11.3 Å². The Hall–Kier alpha value is -1.73. The minimum atomic E-state index is -1.13. The maximum Gasteiger partial charge on any atom is 0.355 e. The maximum absolute atomic E-state index is 11.7. The molecule has 0 saturated heterocycles. The molecule has 0 unspecified atom stereocenters. The molecule has 0 fully saturated rings. The number of carboxylic acid groups (broad SMARTS) is 1. The first kappa shape index (κ1) is 12.7. The second-order valence-corrected chi connectivity index (χ2v) is 5.77. The highest BCUT2D eigenvalue weighted by molar-refractivity contribution is 7.12. The Kier molecular flexibility index (Phi) is 3.73. The number of carbonyl (C=O) groups is 2. The Morgan fingerprint density at radius 2 is 2.22 bits per heavy atom. The summed E-state index contributed by atoms with van der Waals surface area (Å²) in [6, 6.07) is 3.93. The lowest BCUT2D eigenvalue weighted by atomic mass is 10.4. The Balaban J connectivity index is 1.97. The van der Waals surface area contributed by atoms with Crippen LogP contribution in [0.1, 0.15) is 30.0 Å². The minimum Gasteiger partial charge on any atom is -0.476 e. The van der Waals surface area contributed by atoms with Gasteiger partial charge in [0.1, 0.15) is 0 Å². The fourth-order valence-electron chi connectivity index (χ4n) is 1.30. The molecule has 2 aromatic heterocycles. The molecule has 94 valence electrons. The molecule has 0 aliphatic heterocycles. The molecule has 0 bridgehead atoms. The van der Waals surface area contributed by atoms with Crippen molar-refractivity contribution in [2.45, 2.75) is 13.5 Å². The molecule has 0 atom stereocenters. The smallest absolute Gasteiger partial charge is 0.355 e. The van der Waals surface area contributed by atoms with E-state index in [0.717, 1.165) is 16.2 Å². The average Bonchev–Trinajstić information content (AvgIpc) is 2.94. The molecular formula is C11H10N2O3S2. The van der Waals surface area contributed by atoms with Crippen molar-refractivity contribution in [2.24, 2.45) is 0 Å². The molecule has 0 aliphatic carbocycles. The molecule has 2 rings (SSSR count). The SMILES string of the molecule is Cc1ccc(CNC(=O)c2nc(C(=O)O)cs2)s1. The number of hydrogen-bond donors (Lipinski definition) is 2. The Labute approximate surface area is 111 Å². The van der Waals surface area contributed by atoms with Crippen molar-refractivity contribution < 1.29 is 14.7 Å². The second kappa shape index (κ2) is 5.28. The van der Waals surface area contributed by atoms with Crippen LogP contribution in [0.5, 0.6) is 0 Å². The van der Waals surface area contributed by atoms with Gasteiger partial charge in [-0.15, -0.1) is 22.7 Å². The lowest BCUT2D eigenvalue weighted by Crippen LogP contribution is -2.22. The van der Waals surface area contributed by atoms with Crippen molar-refractivity contribution in [3.8, 4) is 0 Å². The fourth-order valence-corrected chi connectivity index (χ4v) is 2.84. The number of nitrogens with zero attached hydrogens (tertiary/aromatic N) is 1. The number of hydrogen-bond acceptors (Lipinski definition) is 5. The molecule has 5 nitrogen and oxygen atoms in total. The number of thiazole rings is 1. The number of nitrogens with one attached hydrogen (secondary N) is 1. The van der Waals surface area contributed by atoms with Gasteiger partial charge < -0.3 is 10.4 Å². The van der Waals surface area contributed by atoms with E-state index in [4.69, 9.17) is 5.11 Å². The topological polar surface area (TPSA) is 79.3 Å². The van der Waals surface area contributed by atoms with Crippen LogP contribution in [0.4, 0.5) is 0 Å². The van der Waals surface area contributed by atoms with Gasteiger partial charge in [-0.25, -0.2) is 9.78 Å². The molecule has 0 spiro atoms. The van der Waals surface area contributed by atoms with Crippen molar-refractivity contribution in [3.63, 3.8) is 0 Å². The molecular weight excluding hydrogens is 272 g/mol. The molecule has 1 amide bonds. The monoisotopic (exact) mass is 282 g/mol. The summed E-state index contributed by atoms with van der Waals surface area (Å²) in [5.74, 6) is -1.47. The lowest BCUT2D eigenvalue weighted by Gasteiger charge is -1.99. The van der Waals surface area contributed by atoms with Gasteiger partial charge in [0, 0.05) is 15.1 Å². The lowest BCUT2D eigenvalue weighted by molar-refractivity contribution is 0.0691. The van der Waals surface area contributed by atoms with Crippen molar-refractivity contribution >= 4 is 34.6 Å². The van der Waals surface area contributed by atoms with Crippen LogP contribution >= 0.6 is 22.7 Å². The van der Waals surface area contributed by atoms with E-state index in [-0.39, 0.29) is 16.6 Å². The third-order valence-electron chi connectivity index (χ3n) is 2.14. The summed E-state index contributed by atoms with van der Waals surface area (Å²) in [6.07, 6.45) is 0. The molecule has 0 saturated carbocycles. The minimum absolute atomic E-state index is 0.0999. The van der Waals surface area contributed by atoms with Crippen molar-refractivity contribution in [1.82, 2.24) is 10.3 Å². The van der Waals surface area contributed by atoms with E-state index in [0.29, 0.717) is 6.54 Å². The Bertz CT molecular complexity index is 589. The van der Waals surface area contributed by atoms with Gasteiger partial charge in [-0.2, -0.15) is 0 Å². The molecule has 0 aromatic carbocycles. The number of carbonyl (C=O) groups excluding carboxylic acids is 1. The number of aryl methyl sites for hydroxylation is 1. The van der Waals surface area contributed by atoms with Crippen molar-refractivity contribution in [2.75, 3.05) is 0 Å². The van der Waals surface area contributed by atoms with Crippen molar-refractivity contribution in [1.29, 1.82) is 0 Å². The van der Waals surface area contributed by atoms with E-state index >= 15 is 0 Å². The van der Waals surface area contributed by atoms with Gasteiger partial charge in [0.15, 0.2) is 10.7 Å². The molecule has 18 heavy (non-hydrogen) atoms. The van der Waals surface area contributed by atoms with Crippen LogP contribution in [0.15, 0.2) is 17.5 Å². The van der Waals surface area contributed by atoms with Gasteiger partial charge in [0.05, 0.1) is 6.54 Å². The van der Waals surface area contributed by atoms with Crippen molar-refractivity contribution in [3.05, 3.63) is 38.0 Å². The van der Waals surface area contributed by atoms with Crippen LogP contribution in [-0.4, -0.2) is 22.0 Å². The molecule has 7 heteroatoms. The summed E-state index contributed by atoms with van der Waals surface area (Å²) in [7, 11) is 0. The summed E-state index contributed by atoms with van der Waals surface area (Å²) in [5.41, 5.74) is -0.0999. The number of thiophene rings is 1. The van der Waals surface area contributed by atoms with Gasteiger partial charge >= 0.3 is 5.97 Å². The third-order valence-corrected chi connectivity index (χ3v) is 3.98. The Morgan fingerprint density at radius 3 is 2.78 bits per heavy atom. The predicted molar refractivity (Wildman–Crippen MR) is 69.3 cm³/mol. The van der Waals surface area contributed by atoms with Gasteiger partial charge in [-0.3, -0.25) is 4.79 Å². The number of aromatic carboxylic acids is 1. The summed E-state index contributed by atoms with van der Waals surface area (Å²) < 4.78 is 0. The fraction of sp³-hybridized carbons (Fsp3) is 0.182. The van der Waals surface area contributed by atoms with Crippen LogP contribution < -0.4 is 5.32 Å². The number of aromatic nitrogens is 1. The normalized spacial score (nSPS) is 10.3. The quantitative estimate of drug-likeness (QED) is 0.900. The number of amides is 1. The van der Waals surface area contributed by atoms with Gasteiger partial charge in [-0.1, -0.05) is 0 Å². The highest BCUT2D eigenvalue weighted by Crippen LogP contribution is 2.15. The van der Waals surface area contributed by atoms with Crippen LogP contribution in [0, 0.1) is 6.92 Å². The van der Waals surface area contributed by atoms with E-state index in [2.05, 4.69) is 10.3 Å². The standard InChI is InChI=1S/C11H10N2O3S2/c1-6-2-3-7(18-6)4-12-9(14)10-13-8(5-17-10)11(15)16/h2-3,5H,4H2,1H3,(H,12,14)(H,15,16). The van der Waals surface area contributed by atoms with E-state index in [9.17, 15) is 9.59 Å². The maximum atomic E-state index is 11.7. The second-order valence-electron chi connectivity index (χ2n) is 3.54. The van der Waals surface area contributed by atoms with E-state index in [1.807, 2.05) is 19.1 Å². The van der Waals surface area contributed by atoms with Crippen LogP contribution in [0.2, 0.25) is 0 Å². The highest BCUT2D eigenvalue weighted by atomic mass is 32.1. The zero-order chi connectivity index (χ0) is 13.1. The summed E-state index contributed by atoms with van der Waals surface area (Å²) in [6.45, 7) is 2.43. The first-order valence-electron chi connectivity index (χ1n) is 5.08. The number of carboxylic acids is 1. The zero-order valence-electron chi connectivity index (χ0n) is 9.47. The molecule has 0 aliphatic rings. The summed E-state index contributed by atoms with van der Waals surface area (Å²) in [5, 5.41) is 12.9. The first-order valence-corrected chi connectivity index (χ1v) is 6.78. The average molecular weight is 282 g/mol. The predicted octanol–water partition coefficient (Wildman–Crippen LogP) is 2.14. The van der Waals surface area contributed by atoms with Gasteiger partial charge in [-0.05, 0) is 19.1 Å². The van der Waals surface area contributed by atoms with Gasteiger partial charge in [0.25, 0.3) is 5.91 Å². The van der Waals surface area contributed by atoms with Gasteiger partial charge in [0.2, 0.25) is 0 Å². The zero-order valence-corrected chi connectivity index (χ0v) is 11.1. The molecule has 2 N–H and O–H groups in total.